The highest BCUT2D eigenvalue weighted by Gasteiger charge is 2.08. The maximum absolute atomic E-state index is 11.6. The van der Waals surface area contributed by atoms with E-state index in [4.69, 9.17) is 11.6 Å². The fourth-order valence-corrected chi connectivity index (χ4v) is 1.21. The van der Waals surface area contributed by atoms with Gasteiger partial charge in [-0.15, -0.1) is 0 Å². The van der Waals surface area contributed by atoms with E-state index >= 15 is 0 Å². The van der Waals surface area contributed by atoms with Crippen molar-refractivity contribution in [1.82, 2.24) is 19.7 Å². The van der Waals surface area contributed by atoms with Crippen LogP contribution in [0.2, 0.25) is 5.15 Å². The molecule has 0 spiro atoms. The van der Waals surface area contributed by atoms with Crippen molar-refractivity contribution >= 4 is 23.2 Å². The minimum atomic E-state index is -0.350. The van der Waals surface area contributed by atoms with E-state index in [1.165, 1.54) is 12.4 Å². The lowest BCUT2D eigenvalue weighted by Gasteiger charge is -2.00. The van der Waals surface area contributed by atoms with Gasteiger partial charge in [-0.2, -0.15) is 5.10 Å². The summed E-state index contributed by atoms with van der Waals surface area (Å²) in [5, 5.41) is 6.80. The lowest BCUT2D eigenvalue weighted by molar-refractivity contribution is 0.102. The number of nitrogens with zero attached hydrogens (tertiary/aromatic N) is 4. The van der Waals surface area contributed by atoms with Crippen molar-refractivity contribution in [3.05, 3.63) is 35.6 Å². The standard InChI is InChI=1S/C9H8ClN5O/c1-15-5-6(2-13-15)14-9(16)7-3-12-8(10)4-11-7/h2-5H,1H3,(H,14,16). The number of nitrogens with one attached hydrogen (secondary N) is 1. The second-order valence-corrected chi connectivity index (χ2v) is 3.47. The molecule has 2 heterocycles. The van der Waals surface area contributed by atoms with Crippen LogP contribution in [0.4, 0.5) is 5.69 Å². The van der Waals surface area contributed by atoms with Crippen LogP contribution in [0.25, 0.3) is 0 Å². The summed E-state index contributed by atoms with van der Waals surface area (Å²) in [7, 11) is 1.76. The van der Waals surface area contributed by atoms with Crippen molar-refractivity contribution in [2.24, 2.45) is 7.05 Å². The Morgan fingerprint density at radius 1 is 1.38 bits per heavy atom. The highest BCUT2D eigenvalue weighted by Crippen LogP contribution is 2.06. The van der Waals surface area contributed by atoms with E-state index in [1.54, 1.807) is 24.1 Å². The van der Waals surface area contributed by atoms with Crippen molar-refractivity contribution in [3.63, 3.8) is 0 Å². The van der Waals surface area contributed by atoms with Crippen LogP contribution in [0, 0.1) is 0 Å². The molecule has 0 saturated heterocycles. The van der Waals surface area contributed by atoms with Crippen molar-refractivity contribution in [3.8, 4) is 0 Å². The number of amides is 1. The first-order valence-corrected chi connectivity index (χ1v) is 4.80. The van der Waals surface area contributed by atoms with Crippen LogP contribution in [0.1, 0.15) is 10.5 Å². The Kier molecular flexibility index (Phi) is 2.82. The van der Waals surface area contributed by atoms with Gasteiger partial charge in [-0.1, -0.05) is 11.6 Å². The van der Waals surface area contributed by atoms with Gasteiger partial charge < -0.3 is 5.32 Å². The van der Waals surface area contributed by atoms with E-state index in [9.17, 15) is 4.79 Å². The van der Waals surface area contributed by atoms with Gasteiger partial charge in [0.2, 0.25) is 0 Å². The SMILES string of the molecule is Cn1cc(NC(=O)c2cnc(Cl)cn2)cn1. The summed E-state index contributed by atoms with van der Waals surface area (Å²) in [4.78, 5) is 19.3. The Morgan fingerprint density at radius 3 is 2.75 bits per heavy atom. The smallest absolute Gasteiger partial charge is 0.275 e. The minimum absolute atomic E-state index is 0.202. The van der Waals surface area contributed by atoms with Crippen LogP contribution in [0.15, 0.2) is 24.8 Å². The second kappa shape index (κ2) is 4.28. The third-order valence-corrected chi connectivity index (χ3v) is 2.01. The molecule has 2 aromatic heterocycles. The predicted octanol–water partition coefficient (Wildman–Crippen LogP) is 1.12. The van der Waals surface area contributed by atoms with E-state index in [1.807, 2.05) is 0 Å². The van der Waals surface area contributed by atoms with Gasteiger partial charge in [0, 0.05) is 13.2 Å². The molecule has 7 heteroatoms. The van der Waals surface area contributed by atoms with Crippen LogP contribution in [0.3, 0.4) is 0 Å². The first kappa shape index (κ1) is 10.6. The number of halogens is 1. The topological polar surface area (TPSA) is 72.7 Å². The Morgan fingerprint density at radius 2 is 2.19 bits per heavy atom. The number of carbonyl (C=O) groups is 1. The molecule has 2 rings (SSSR count). The number of aryl methyl sites for hydroxylation is 1. The molecule has 0 aliphatic rings. The van der Waals surface area contributed by atoms with Gasteiger partial charge in [-0.3, -0.25) is 9.48 Å². The molecule has 1 amide bonds. The quantitative estimate of drug-likeness (QED) is 0.849. The van der Waals surface area contributed by atoms with Crippen molar-refractivity contribution in [2.75, 3.05) is 5.32 Å². The molecule has 0 fully saturated rings. The summed E-state index contributed by atoms with van der Waals surface area (Å²) in [6.07, 6.45) is 5.86. The van der Waals surface area contributed by atoms with Crippen LogP contribution >= 0.6 is 11.6 Å². The number of rotatable bonds is 2. The van der Waals surface area contributed by atoms with Crippen LogP contribution in [-0.4, -0.2) is 25.7 Å². The van der Waals surface area contributed by atoms with E-state index in [-0.39, 0.29) is 16.8 Å². The Labute approximate surface area is 96.3 Å². The molecule has 82 valence electrons. The summed E-state index contributed by atoms with van der Waals surface area (Å²) < 4.78 is 1.59. The third kappa shape index (κ3) is 2.34. The molecular formula is C9H8ClN5O. The molecule has 0 unspecified atom stereocenters. The van der Waals surface area contributed by atoms with Gasteiger partial charge in [0.05, 0.1) is 24.3 Å². The predicted molar refractivity (Wildman–Crippen MR) is 58.2 cm³/mol. The van der Waals surface area contributed by atoms with E-state index in [0.717, 1.165) is 0 Å². The van der Waals surface area contributed by atoms with Gasteiger partial charge in [-0.25, -0.2) is 9.97 Å². The molecule has 0 radical (unpaired) electrons. The molecule has 0 saturated carbocycles. The number of hydrogen-bond donors (Lipinski definition) is 1. The zero-order chi connectivity index (χ0) is 11.5. The summed E-state index contributed by atoms with van der Waals surface area (Å²) in [5.41, 5.74) is 0.803. The van der Waals surface area contributed by atoms with Gasteiger partial charge >= 0.3 is 0 Å². The highest BCUT2D eigenvalue weighted by molar-refractivity contribution is 6.29. The lowest BCUT2D eigenvalue weighted by Crippen LogP contribution is -2.13. The lowest BCUT2D eigenvalue weighted by atomic mass is 10.4. The zero-order valence-electron chi connectivity index (χ0n) is 8.38. The van der Waals surface area contributed by atoms with Gasteiger partial charge in [0.25, 0.3) is 5.91 Å². The number of hydrogen-bond acceptors (Lipinski definition) is 4. The average Bonchev–Trinajstić information content (AvgIpc) is 2.65. The average molecular weight is 238 g/mol. The summed E-state index contributed by atoms with van der Waals surface area (Å²) in [5.74, 6) is -0.350. The molecular weight excluding hydrogens is 230 g/mol. The number of carbonyl (C=O) groups excluding carboxylic acids is 1. The molecule has 0 bridgehead atoms. The minimum Gasteiger partial charge on any atom is -0.318 e. The van der Waals surface area contributed by atoms with Crippen LogP contribution in [0.5, 0.6) is 0 Å². The molecule has 0 atom stereocenters. The maximum atomic E-state index is 11.6. The summed E-state index contributed by atoms with van der Waals surface area (Å²) >= 11 is 5.56. The summed E-state index contributed by atoms with van der Waals surface area (Å²) in [6.45, 7) is 0. The molecule has 16 heavy (non-hydrogen) atoms. The molecule has 6 nitrogen and oxygen atoms in total. The molecule has 2 aromatic rings. The molecule has 0 aliphatic carbocycles. The second-order valence-electron chi connectivity index (χ2n) is 3.08. The first-order chi connectivity index (χ1) is 7.65. The monoisotopic (exact) mass is 237 g/mol. The van der Waals surface area contributed by atoms with E-state index in [0.29, 0.717) is 5.69 Å². The number of anilines is 1. The van der Waals surface area contributed by atoms with Crippen LogP contribution in [-0.2, 0) is 7.05 Å². The Hall–Kier alpha value is -1.95. The third-order valence-electron chi connectivity index (χ3n) is 1.82. The summed E-state index contributed by atoms with van der Waals surface area (Å²) in [6, 6.07) is 0. The number of aromatic nitrogens is 4. The fourth-order valence-electron chi connectivity index (χ4n) is 1.11. The van der Waals surface area contributed by atoms with Gasteiger partial charge in [0.15, 0.2) is 0 Å². The van der Waals surface area contributed by atoms with E-state index in [2.05, 4.69) is 20.4 Å². The van der Waals surface area contributed by atoms with Gasteiger partial charge in [-0.05, 0) is 0 Å². The Balaban J connectivity index is 2.11. The van der Waals surface area contributed by atoms with Crippen molar-refractivity contribution < 1.29 is 4.79 Å². The largest absolute Gasteiger partial charge is 0.318 e. The van der Waals surface area contributed by atoms with E-state index < -0.39 is 0 Å². The normalized spacial score (nSPS) is 10.1. The van der Waals surface area contributed by atoms with Gasteiger partial charge in [0.1, 0.15) is 10.8 Å². The molecule has 1 N–H and O–H groups in total. The molecule has 0 aromatic carbocycles. The fraction of sp³-hybridized carbons (Fsp3) is 0.111. The highest BCUT2D eigenvalue weighted by atomic mass is 35.5. The zero-order valence-corrected chi connectivity index (χ0v) is 9.14. The molecule has 0 aliphatic heterocycles. The van der Waals surface area contributed by atoms with Crippen molar-refractivity contribution in [2.45, 2.75) is 0 Å². The first-order valence-electron chi connectivity index (χ1n) is 4.43. The maximum Gasteiger partial charge on any atom is 0.275 e. The Bertz CT molecular complexity index is 507. The van der Waals surface area contributed by atoms with Crippen LogP contribution < -0.4 is 5.32 Å². The van der Waals surface area contributed by atoms with Crippen molar-refractivity contribution in [1.29, 1.82) is 0 Å².